The van der Waals surface area contributed by atoms with Crippen molar-refractivity contribution in [1.29, 1.82) is 0 Å². The fraction of sp³-hybridized carbons (Fsp3) is 0.263. The van der Waals surface area contributed by atoms with E-state index in [0.29, 0.717) is 23.0 Å². The number of ether oxygens (including phenoxy) is 2. The van der Waals surface area contributed by atoms with Crippen LogP contribution in [0.5, 0.6) is 11.5 Å². The summed E-state index contributed by atoms with van der Waals surface area (Å²) in [6.07, 6.45) is -0.504. The number of aliphatic hydroxyl groups excluding tert-OH is 1. The molecule has 0 saturated carbocycles. The number of fused-ring (bicyclic) bond motifs is 1. The number of hydrogen-bond donors (Lipinski definition) is 3. The van der Waals surface area contributed by atoms with Crippen LogP contribution in [0.2, 0.25) is 0 Å². The van der Waals surface area contributed by atoms with Gasteiger partial charge in [-0.2, -0.15) is 0 Å². The normalized spacial score (nSPS) is 12.0. The lowest BCUT2D eigenvalue weighted by molar-refractivity contribution is -0.115. The SMILES string of the molecule is COc1ccc(CC(=O)Nc2ccc3nc(C(C)O)[nH]c3c2)c(OC)c1. The van der Waals surface area contributed by atoms with Crippen molar-refractivity contribution >= 4 is 22.6 Å². The van der Waals surface area contributed by atoms with E-state index >= 15 is 0 Å². The molecule has 0 saturated heterocycles. The first-order valence-electron chi connectivity index (χ1n) is 8.18. The lowest BCUT2D eigenvalue weighted by Crippen LogP contribution is -2.14. The minimum Gasteiger partial charge on any atom is -0.497 e. The number of aromatic nitrogens is 2. The summed E-state index contributed by atoms with van der Waals surface area (Å²) in [6.45, 7) is 1.64. The molecule has 1 heterocycles. The number of anilines is 1. The number of nitrogens with zero attached hydrogens (tertiary/aromatic N) is 1. The summed E-state index contributed by atoms with van der Waals surface area (Å²) in [7, 11) is 3.14. The van der Waals surface area contributed by atoms with E-state index < -0.39 is 6.10 Å². The van der Waals surface area contributed by atoms with Crippen molar-refractivity contribution in [3.63, 3.8) is 0 Å². The summed E-state index contributed by atoms with van der Waals surface area (Å²) in [6, 6.07) is 10.7. The van der Waals surface area contributed by atoms with Crippen LogP contribution in [0.25, 0.3) is 11.0 Å². The van der Waals surface area contributed by atoms with Gasteiger partial charge in [-0.05, 0) is 31.2 Å². The number of benzene rings is 2. The third kappa shape index (κ3) is 3.78. The Labute approximate surface area is 151 Å². The highest BCUT2D eigenvalue weighted by Crippen LogP contribution is 2.25. The molecule has 1 unspecified atom stereocenters. The van der Waals surface area contributed by atoms with Gasteiger partial charge in [0, 0.05) is 17.3 Å². The minimum absolute atomic E-state index is 0.164. The highest BCUT2D eigenvalue weighted by Gasteiger charge is 2.12. The number of rotatable bonds is 6. The van der Waals surface area contributed by atoms with Crippen LogP contribution in [0.1, 0.15) is 24.4 Å². The summed E-state index contributed by atoms with van der Waals surface area (Å²) < 4.78 is 10.5. The quantitative estimate of drug-likeness (QED) is 0.632. The van der Waals surface area contributed by atoms with E-state index in [1.807, 2.05) is 6.07 Å². The molecule has 0 aliphatic carbocycles. The second-order valence-electron chi connectivity index (χ2n) is 5.93. The Morgan fingerprint density at radius 3 is 2.73 bits per heavy atom. The zero-order valence-electron chi connectivity index (χ0n) is 14.9. The summed E-state index contributed by atoms with van der Waals surface area (Å²) in [4.78, 5) is 19.7. The predicted octanol–water partition coefficient (Wildman–Crippen LogP) is 2.81. The first kappa shape index (κ1) is 17.8. The van der Waals surface area contributed by atoms with Crippen LogP contribution >= 0.6 is 0 Å². The molecule has 0 radical (unpaired) electrons. The fourth-order valence-corrected chi connectivity index (χ4v) is 2.68. The third-order valence-corrected chi connectivity index (χ3v) is 4.02. The molecular formula is C19H21N3O4. The first-order valence-corrected chi connectivity index (χ1v) is 8.18. The van der Waals surface area contributed by atoms with Crippen LogP contribution in [0.3, 0.4) is 0 Å². The van der Waals surface area contributed by atoms with Crippen LogP contribution in [-0.4, -0.2) is 35.2 Å². The summed E-state index contributed by atoms with van der Waals surface area (Å²) in [5.74, 6) is 1.60. The second-order valence-corrected chi connectivity index (χ2v) is 5.93. The number of methoxy groups -OCH3 is 2. The number of hydrogen-bond acceptors (Lipinski definition) is 5. The highest BCUT2D eigenvalue weighted by molar-refractivity contribution is 5.94. The number of carbonyl (C=O) groups is 1. The van der Waals surface area contributed by atoms with Crippen LogP contribution in [0.15, 0.2) is 36.4 Å². The van der Waals surface area contributed by atoms with E-state index in [0.717, 1.165) is 16.6 Å². The molecule has 26 heavy (non-hydrogen) atoms. The van der Waals surface area contributed by atoms with Crippen LogP contribution in [-0.2, 0) is 11.2 Å². The fourth-order valence-electron chi connectivity index (χ4n) is 2.68. The van der Waals surface area contributed by atoms with Crippen molar-refractivity contribution in [2.24, 2.45) is 0 Å². The third-order valence-electron chi connectivity index (χ3n) is 4.02. The molecule has 0 aliphatic heterocycles. The van der Waals surface area contributed by atoms with Gasteiger partial charge in [-0.15, -0.1) is 0 Å². The average Bonchev–Trinajstić information content (AvgIpc) is 3.05. The molecule has 0 aliphatic rings. The maximum absolute atomic E-state index is 12.4. The molecule has 3 aromatic rings. The molecule has 7 nitrogen and oxygen atoms in total. The number of imidazole rings is 1. The van der Waals surface area contributed by atoms with E-state index in [2.05, 4.69) is 15.3 Å². The van der Waals surface area contributed by atoms with Crippen molar-refractivity contribution in [2.45, 2.75) is 19.4 Å². The Hall–Kier alpha value is -3.06. The number of aliphatic hydroxyl groups is 1. The monoisotopic (exact) mass is 355 g/mol. The van der Waals surface area contributed by atoms with E-state index in [1.54, 1.807) is 51.5 Å². The lowest BCUT2D eigenvalue weighted by Gasteiger charge is -2.11. The van der Waals surface area contributed by atoms with Gasteiger partial charge in [0.15, 0.2) is 0 Å². The smallest absolute Gasteiger partial charge is 0.228 e. The number of carbonyl (C=O) groups excluding carboxylic acids is 1. The molecule has 1 atom stereocenters. The number of amides is 1. The van der Waals surface area contributed by atoms with Crippen molar-refractivity contribution in [3.8, 4) is 11.5 Å². The van der Waals surface area contributed by atoms with Crippen molar-refractivity contribution in [2.75, 3.05) is 19.5 Å². The molecule has 7 heteroatoms. The Morgan fingerprint density at radius 2 is 2.04 bits per heavy atom. The number of aromatic amines is 1. The van der Waals surface area contributed by atoms with Gasteiger partial charge in [-0.3, -0.25) is 4.79 Å². The molecule has 0 spiro atoms. The molecule has 3 rings (SSSR count). The number of nitrogens with one attached hydrogen (secondary N) is 2. The minimum atomic E-state index is -0.678. The molecule has 3 N–H and O–H groups in total. The maximum Gasteiger partial charge on any atom is 0.228 e. The van der Waals surface area contributed by atoms with E-state index in [1.165, 1.54) is 0 Å². The molecule has 1 aromatic heterocycles. The highest BCUT2D eigenvalue weighted by atomic mass is 16.5. The van der Waals surface area contributed by atoms with Crippen molar-refractivity contribution in [3.05, 3.63) is 47.8 Å². The Kier molecular flexibility index (Phi) is 5.09. The van der Waals surface area contributed by atoms with E-state index in [9.17, 15) is 9.90 Å². The Bertz CT molecular complexity index is 934. The Balaban J connectivity index is 1.74. The van der Waals surface area contributed by atoms with Gasteiger partial charge < -0.3 is 24.9 Å². The van der Waals surface area contributed by atoms with Crippen LogP contribution in [0, 0.1) is 0 Å². The molecule has 1 amide bonds. The predicted molar refractivity (Wildman–Crippen MR) is 98.6 cm³/mol. The second kappa shape index (κ2) is 7.45. The van der Waals surface area contributed by atoms with Crippen LogP contribution < -0.4 is 14.8 Å². The summed E-state index contributed by atoms with van der Waals surface area (Å²) >= 11 is 0. The molecule has 0 bridgehead atoms. The van der Waals surface area contributed by atoms with E-state index in [-0.39, 0.29) is 12.3 Å². The first-order chi connectivity index (χ1) is 12.5. The molecule has 2 aromatic carbocycles. The van der Waals surface area contributed by atoms with Crippen molar-refractivity contribution < 1.29 is 19.4 Å². The molecular weight excluding hydrogens is 334 g/mol. The summed E-state index contributed by atoms with van der Waals surface area (Å²) in [5.41, 5.74) is 2.90. The van der Waals surface area contributed by atoms with Crippen LogP contribution in [0.4, 0.5) is 5.69 Å². The van der Waals surface area contributed by atoms with Gasteiger partial charge in [-0.25, -0.2) is 4.98 Å². The average molecular weight is 355 g/mol. The van der Waals surface area contributed by atoms with Gasteiger partial charge in [0.2, 0.25) is 5.91 Å². The van der Waals surface area contributed by atoms with E-state index in [4.69, 9.17) is 9.47 Å². The van der Waals surface area contributed by atoms with Gasteiger partial charge in [0.05, 0.1) is 31.7 Å². The zero-order valence-corrected chi connectivity index (χ0v) is 14.9. The lowest BCUT2D eigenvalue weighted by atomic mass is 10.1. The van der Waals surface area contributed by atoms with Gasteiger partial charge in [0.25, 0.3) is 0 Å². The topological polar surface area (TPSA) is 96.5 Å². The zero-order chi connectivity index (χ0) is 18.7. The maximum atomic E-state index is 12.4. The number of H-pyrrole nitrogens is 1. The molecule has 0 fully saturated rings. The van der Waals surface area contributed by atoms with Gasteiger partial charge in [-0.1, -0.05) is 6.07 Å². The van der Waals surface area contributed by atoms with Gasteiger partial charge >= 0.3 is 0 Å². The summed E-state index contributed by atoms with van der Waals surface area (Å²) in [5, 5.41) is 12.5. The largest absolute Gasteiger partial charge is 0.497 e. The van der Waals surface area contributed by atoms with Crippen molar-refractivity contribution in [1.82, 2.24) is 9.97 Å². The Morgan fingerprint density at radius 1 is 1.23 bits per heavy atom. The standard InChI is InChI=1S/C19H21N3O4/c1-11(23)19-21-15-7-5-13(9-16(15)22-19)20-18(24)8-12-4-6-14(25-2)10-17(12)26-3/h4-7,9-11,23H,8H2,1-3H3,(H,20,24)(H,21,22). The van der Waals surface area contributed by atoms with Gasteiger partial charge in [0.1, 0.15) is 23.4 Å². The molecule has 136 valence electrons.